The van der Waals surface area contributed by atoms with E-state index in [0.717, 1.165) is 23.4 Å². The number of nitrogens with zero attached hydrogens (tertiary/aromatic N) is 2. The fraction of sp³-hybridized carbons (Fsp3) is 0.250. The van der Waals surface area contributed by atoms with Gasteiger partial charge in [-0.15, -0.1) is 0 Å². The van der Waals surface area contributed by atoms with Gasteiger partial charge >= 0.3 is 0 Å². The molecule has 0 bridgehead atoms. The molecule has 1 aromatic rings. The zero-order valence-electron chi connectivity index (χ0n) is 6.33. The van der Waals surface area contributed by atoms with Gasteiger partial charge in [-0.3, -0.25) is 4.99 Å². The van der Waals surface area contributed by atoms with Gasteiger partial charge in [0.15, 0.2) is 0 Å². The zero-order valence-corrected chi connectivity index (χ0v) is 6.33. The highest BCUT2D eigenvalue weighted by Gasteiger charge is 2.14. The lowest BCUT2D eigenvalue weighted by Gasteiger charge is -1.99. The highest BCUT2D eigenvalue weighted by atomic mass is 14.9. The first-order chi connectivity index (χ1) is 5.27. The maximum Gasteiger partial charge on any atom is 0.123 e. The minimum absolute atomic E-state index is 0.576. The lowest BCUT2D eigenvalue weighted by atomic mass is 10.1. The van der Waals surface area contributed by atoms with Gasteiger partial charge in [-0.05, 0) is 18.6 Å². The summed E-state index contributed by atoms with van der Waals surface area (Å²) in [6, 6.07) is 1.87. The van der Waals surface area contributed by atoms with Gasteiger partial charge in [0, 0.05) is 11.8 Å². The van der Waals surface area contributed by atoms with E-state index < -0.39 is 0 Å². The van der Waals surface area contributed by atoms with Crippen molar-refractivity contribution in [2.75, 3.05) is 12.3 Å². The molecule has 0 atom stereocenters. The summed E-state index contributed by atoms with van der Waals surface area (Å²) < 4.78 is 0. The molecule has 0 fully saturated rings. The van der Waals surface area contributed by atoms with E-state index in [9.17, 15) is 0 Å². The maximum absolute atomic E-state index is 5.50. The van der Waals surface area contributed by atoms with Crippen molar-refractivity contribution in [3.05, 3.63) is 23.4 Å². The summed E-state index contributed by atoms with van der Waals surface area (Å²) in [5.41, 5.74) is 8.94. The quantitative estimate of drug-likeness (QED) is 0.638. The van der Waals surface area contributed by atoms with E-state index in [1.807, 2.05) is 13.0 Å². The maximum atomic E-state index is 5.50. The van der Waals surface area contributed by atoms with E-state index in [0.29, 0.717) is 5.82 Å². The van der Waals surface area contributed by atoms with Crippen LogP contribution in [0.3, 0.4) is 0 Å². The fourth-order valence-corrected chi connectivity index (χ4v) is 1.09. The van der Waals surface area contributed by atoms with Crippen molar-refractivity contribution in [3.8, 4) is 0 Å². The van der Waals surface area contributed by atoms with E-state index >= 15 is 0 Å². The molecule has 2 heterocycles. The van der Waals surface area contributed by atoms with E-state index in [2.05, 4.69) is 9.98 Å². The number of aliphatic imine (C=N–C) groups is 1. The number of hydrogen-bond acceptors (Lipinski definition) is 3. The molecule has 2 rings (SSSR count). The molecule has 1 aliphatic rings. The van der Waals surface area contributed by atoms with Crippen LogP contribution in [0.1, 0.15) is 11.1 Å². The average molecular weight is 147 g/mol. The molecule has 3 heteroatoms. The average Bonchev–Trinajstić information content (AvgIpc) is 2.70. The Kier molecular flexibility index (Phi) is 1.18. The van der Waals surface area contributed by atoms with E-state index in [1.165, 1.54) is 0 Å². The number of pyridine rings is 1. The third-order valence-corrected chi connectivity index (χ3v) is 1.76. The van der Waals surface area contributed by atoms with Gasteiger partial charge in [-0.1, -0.05) is 0 Å². The third kappa shape index (κ3) is 1.09. The molecule has 0 saturated carbocycles. The Morgan fingerprint density at radius 2 is 2.27 bits per heavy atom. The number of anilines is 1. The first kappa shape index (κ1) is 6.34. The molecule has 0 amide bonds. The van der Waals surface area contributed by atoms with Gasteiger partial charge in [-0.2, -0.15) is 0 Å². The molecule has 0 aliphatic carbocycles. The molecule has 0 aromatic carbocycles. The van der Waals surface area contributed by atoms with Gasteiger partial charge in [-0.25, -0.2) is 4.98 Å². The number of hydrogen-bond donors (Lipinski definition) is 1. The molecular formula is C8H9N3. The lowest BCUT2D eigenvalue weighted by Crippen LogP contribution is -1.97. The van der Waals surface area contributed by atoms with Crippen molar-refractivity contribution in [3.63, 3.8) is 0 Å². The summed E-state index contributed by atoms with van der Waals surface area (Å²) in [7, 11) is 0. The predicted octanol–water partition coefficient (Wildman–Crippen LogP) is 0.775. The van der Waals surface area contributed by atoms with Crippen LogP contribution in [-0.2, 0) is 0 Å². The highest BCUT2D eigenvalue weighted by Crippen LogP contribution is 2.15. The van der Waals surface area contributed by atoms with Gasteiger partial charge < -0.3 is 5.73 Å². The molecule has 2 N–H and O–H groups in total. The monoisotopic (exact) mass is 147 g/mol. The van der Waals surface area contributed by atoms with Crippen molar-refractivity contribution in [1.82, 2.24) is 4.98 Å². The highest BCUT2D eigenvalue weighted by molar-refractivity contribution is 6.11. The minimum Gasteiger partial charge on any atom is -0.384 e. The zero-order chi connectivity index (χ0) is 7.84. The molecule has 56 valence electrons. The standard InChI is InChI=1S/C8H9N3/c1-5-2-8(9)11-3-6(5)7-4-10-7/h2-3H,4H2,1H3,(H2,9,11). The lowest BCUT2D eigenvalue weighted by molar-refractivity contribution is 1.28. The summed E-state index contributed by atoms with van der Waals surface area (Å²) >= 11 is 0. The first-order valence-corrected chi connectivity index (χ1v) is 3.53. The van der Waals surface area contributed by atoms with Crippen LogP contribution < -0.4 is 5.73 Å². The molecule has 0 radical (unpaired) electrons. The fourth-order valence-electron chi connectivity index (χ4n) is 1.09. The van der Waals surface area contributed by atoms with Crippen LogP contribution in [0, 0.1) is 6.92 Å². The number of nitrogens with two attached hydrogens (primary N) is 1. The largest absolute Gasteiger partial charge is 0.384 e. The van der Waals surface area contributed by atoms with Crippen molar-refractivity contribution in [2.45, 2.75) is 6.92 Å². The first-order valence-electron chi connectivity index (χ1n) is 3.53. The Hall–Kier alpha value is -1.38. The Labute approximate surface area is 65.0 Å². The second-order valence-electron chi connectivity index (χ2n) is 2.69. The summed E-state index contributed by atoms with van der Waals surface area (Å²) in [6.07, 6.45) is 1.79. The van der Waals surface area contributed by atoms with Crippen molar-refractivity contribution < 1.29 is 0 Å². The van der Waals surface area contributed by atoms with Gasteiger partial charge in [0.2, 0.25) is 0 Å². The molecule has 0 spiro atoms. The summed E-state index contributed by atoms with van der Waals surface area (Å²) in [4.78, 5) is 8.10. The smallest absolute Gasteiger partial charge is 0.123 e. The van der Waals surface area contributed by atoms with Crippen LogP contribution in [0.15, 0.2) is 17.3 Å². The summed E-state index contributed by atoms with van der Waals surface area (Å²) in [5, 5.41) is 0. The van der Waals surface area contributed by atoms with Crippen LogP contribution in [-0.4, -0.2) is 17.2 Å². The normalized spacial score (nSPS) is 14.5. The minimum atomic E-state index is 0.576. The molecule has 11 heavy (non-hydrogen) atoms. The Morgan fingerprint density at radius 1 is 1.55 bits per heavy atom. The number of aromatic nitrogens is 1. The third-order valence-electron chi connectivity index (χ3n) is 1.76. The van der Waals surface area contributed by atoms with Crippen LogP contribution in [0.25, 0.3) is 0 Å². The van der Waals surface area contributed by atoms with Crippen LogP contribution >= 0.6 is 0 Å². The van der Waals surface area contributed by atoms with Crippen molar-refractivity contribution >= 4 is 11.5 Å². The summed E-state index contributed by atoms with van der Waals surface area (Å²) in [5.74, 6) is 0.576. The number of nitrogen functional groups attached to an aromatic ring is 1. The molecule has 3 nitrogen and oxygen atoms in total. The topological polar surface area (TPSA) is 51.3 Å². The second-order valence-corrected chi connectivity index (χ2v) is 2.69. The van der Waals surface area contributed by atoms with Gasteiger partial charge in [0.25, 0.3) is 0 Å². The Morgan fingerprint density at radius 3 is 2.82 bits per heavy atom. The van der Waals surface area contributed by atoms with Crippen LogP contribution in [0.5, 0.6) is 0 Å². The predicted molar refractivity (Wildman–Crippen MR) is 44.8 cm³/mol. The molecule has 1 aromatic heterocycles. The molecule has 0 unspecified atom stereocenters. The Bertz CT molecular complexity index is 328. The van der Waals surface area contributed by atoms with E-state index in [4.69, 9.17) is 5.73 Å². The summed E-state index contributed by atoms with van der Waals surface area (Å²) in [6.45, 7) is 2.89. The van der Waals surface area contributed by atoms with Gasteiger partial charge in [0.05, 0.1) is 12.3 Å². The van der Waals surface area contributed by atoms with E-state index in [1.54, 1.807) is 6.20 Å². The SMILES string of the molecule is Cc1cc(N)ncc1C1=NC1. The second kappa shape index (κ2) is 2.05. The van der Waals surface area contributed by atoms with Crippen LogP contribution in [0.2, 0.25) is 0 Å². The van der Waals surface area contributed by atoms with Crippen LogP contribution in [0.4, 0.5) is 5.82 Å². The van der Waals surface area contributed by atoms with Crippen molar-refractivity contribution in [2.24, 2.45) is 4.99 Å². The molecule has 1 aliphatic heterocycles. The number of rotatable bonds is 1. The number of aryl methyl sites for hydroxylation is 1. The van der Waals surface area contributed by atoms with E-state index in [-0.39, 0.29) is 0 Å². The Balaban J connectivity index is 2.48. The van der Waals surface area contributed by atoms with Gasteiger partial charge in [0.1, 0.15) is 5.82 Å². The molecule has 0 saturated heterocycles. The van der Waals surface area contributed by atoms with Crippen molar-refractivity contribution in [1.29, 1.82) is 0 Å². The molecular weight excluding hydrogens is 138 g/mol.